The first-order valence-corrected chi connectivity index (χ1v) is 14.7. The van der Waals surface area contributed by atoms with E-state index in [4.69, 9.17) is 9.47 Å². The van der Waals surface area contributed by atoms with Crippen molar-refractivity contribution in [2.75, 3.05) is 21.0 Å². The van der Waals surface area contributed by atoms with Gasteiger partial charge in [0.15, 0.2) is 6.79 Å². The Balaban J connectivity index is 1.89. The average molecular weight is 538 g/mol. The molecule has 39 heavy (non-hydrogen) atoms. The summed E-state index contributed by atoms with van der Waals surface area (Å²) in [7, 11) is 4.09. The molecule has 202 valence electrons. The third-order valence-electron chi connectivity index (χ3n) is 7.02. The number of benzene rings is 4. The standard InChI is InChI=1S/C35H40NO2P/c1-5-20-35(2,39-33-19-13-12-18-30(33)25-36-3)32-24-29(21-27-14-8-6-9-15-27)23-31(34(32)38-26-37-4)22-28-16-10-7-11-17-28/h6-19,23-25,39H,5,20-22,26H2,1-4H3/b36-25+. The number of rotatable bonds is 13. The summed E-state index contributed by atoms with van der Waals surface area (Å²) in [6, 6.07) is 34.8. The van der Waals surface area contributed by atoms with Crippen molar-refractivity contribution < 1.29 is 9.47 Å². The zero-order valence-electron chi connectivity index (χ0n) is 23.6. The van der Waals surface area contributed by atoms with Crippen LogP contribution in [0.15, 0.2) is 102 Å². The van der Waals surface area contributed by atoms with E-state index in [1.165, 1.54) is 38.7 Å². The lowest BCUT2D eigenvalue weighted by Crippen LogP contribution is -2.23. The number of hydrogen-bond donors (Lipinski definition) is 0. The molecule has 0 saturated heterocycles. The number of hydrogen-bond acceptors (Lipinski definition) is 3. The minimum Gasteiger partial charge on any atom is -0.467 e. The molecule has 4 aromatic rings. The maximum Gasteiger partial charge on any atom is 0.188 e. The molecule has 0 amide bonds. The second-order valence-corrected chi connectivity index (χ2v) is 12.1. The van der Waals surface area contributed by atoms with Crippen LogP contribution in [0.5, 0.6) is 5.75 Å². The molecule has 0 fully saturated rings. The summed E-state index contributed by atoms with van der Waals surface area (Å²) in [5.41, 5.74) is 7.54. The minimum absolute atomic E-state index is 0.117. The Morgan fingerprint density at radius 1 is 0.821 bits per heavy atom. The van der Waals surface area contributed by atoms with E-state index in [9.17, 15) is 0 Å². The molecule has 0 saturated carbocycles. The van der Waals surface area contributed by atoms with E-state index in [0.29, 0.717) is 8.58 Å². The first-order valence-electron chi connectivity index (χ1n) is 13.7. The summed E-state index contributed by atoms with van der Waals surface area (Å²) in [5, 5.41) is 1.21. The summed E-state index contributed by atoms with van der Waals surface area (Å²) < 4.78 is 11.9. The summed E-state index contributed by atoms with van der Waals surface area (Å²) in [4.78, 5) is 4.33. The van der Waals surface area contributed by atoms with Crippen LogP contribution in [0.2, 0.25) is 0 Å². The normalized spacial score (nSPS) is 13.2. The van der Waals surface area contributed by atoms with E-state index in [0.717, 1.165) is 31.4 Å². The molecule has 0 radical (unpaired) electrons. The quantitative estimate of drug-likeness (QED) is 0.0985. The number of ether oxygens (including phenoxy) is 2. The second-order valence-electron chi connectivity index (χ2n) is 10.2. The van der Waals surface area contributed by atoms with Crippen LogP contribution in [-0.2, 0) is 22.7 Å². The molecular weight excluding hydrogens is 497 g/mol. The monoisotopic (exact) mass is 537 g/mol. The molecule has 0 heterocycles. The second kappa shape index (κ2) is 14.2. The number of nitrogens with zero attached hydrogens (tertiary/aromatic N) is 1. The van der Waals surface area contributed by atoms with Crippen LogP contribution in [0, 0.1) is 0 Å². The van der Waals surface area contributed by atoms with E-state index in [1.54, 1.807) is 7.11 Å². The van der Waals surface area contributed by atoms with E-state index < -0.39 is 0 Å². The van der Waals surface area contributed by atoms with Gasteiger partial charge in [-0.05, 0) is 46.0 Å². The van der Waals surface area contributed by atoms with Gasteiger partial charge in [0.1, 0.15) is 5.75 Å². The molecule has 0 N–H and O–H groups in total. The molecule has 3 nitrogen and oxygen atoms in total. The molecule has 4 rings (SSSR count). The molecule has 2 unspecified atom stereocenters. The highest BCUT2D eigenvalue weighted by Crippen LogP contribution is 2.50. The van der Waals surface area contributed by atoms with Gasteiger partial charge in [0.25, 0.3) is 0 Å². The van der Waals surface area contributed by atoms with Gasteiger partial charge in [-0.25, -0.2) is 0 Å². The molecule has 0 aliphatic rings. The largest absolute Gasteiger partial charge is 0.467 e. The van der Waals surface area contributed by atoms with Crippen LogP contribution in [-0.4, -0.2) is 27.2 Å². The Hall–Kier alpha value is -3.26. The zero-order valence-corrected chi connectivity index (χ0v) is 24.6. The molecule has 0 spiro atoms. The summed E-state index contributed by atoms with van der Waals surface area (Å²) in [5.74, 6) is 0.961. The van der Waals surface area contributed by atoms with Crippen molar-refractivity contribution in [2.24, 2.45) is 4.99 Å². The van der Waals surface area contributed by atoms with Crippen molar-refractivity contribution in [3.05, 3.63) is 130 Å². The fraction of sp³-hybridized carbons (Fsp3) is 0.286. The first kappa shape index (κ1) is 28.7. The summed E-state index contributed by atoms with van der Waals surface area (Å²) in [6.45, 7) is 4.90. The van der Waals surface area contributed by atoms with Gasteiger partial charge in [0, 0.05) is 37.5 Å². The van der Waals surface area contributed by atoms with Crippen molar-refractivity contribution in [1.82, 2.24) is 0 Å². The zero-order chi connectivity index (χ0) is 27.5. The Labute approximate surface area is 236 Å². The average Bonchev–Trinajstić information content (AvgIpc) is 2.95. The van der Waals surface area contributed by atoms with Gasteiger partial charge in [-0.15, -0.1) is 0 Å². The Bertz CT molecular complexity index is 1350. The smallest absolute Gasteiger partial charge is 0.188 e. The molecule has 0 aliphatic heterocycles. The predicted octanol–water partition coefficient (Wildman–Crippen LogP) is 7.92. The van der Waals surface area contributed by atoms with Gasteiger partial charge < -0.3 is 9.47 Å². The van der Waals surface area contributed by atoms with Crippen molar-refractivity contribution in [2.45, 2.75) is 44.7 Å². The molecule has 4 heteroatoms. The van der Waals surface area contributed by atoms with Gasteiger partial charge in [-0.2, -0.15) is 0 Å². The van der Waals surface area contributed by atoms with E-state index in [-0.39, 0.29) is 11.9 Å². The topological polar surface area (TPSA) is 30.8 Å². The Morgan fingerprint density at radius 2 is 1.46 bits per heavy atom. The van der Waals surface area contributed by atoms with Gasteiger partial charge >= 0.3 is 0 Å². The molecule has 2 atom stereocenters. The van der Waals surface area contributed by atoms with Crippen LogP contribution in [0.25, 0.3) is 0 Å². The number of methoxy groups -OCH3 is 1. The molecule has 0 aromatic heterocycles. The highest BCUT2D eigenvalue weighted by Gasteiger charge is 2.32. The first-order chi connectivity index (χ1) is 19.1. The lowest BCUT2D eigenvalue weighted by atomic mass is 9.88. The molecule has 4 aromatic carbocycles. The predicted molar refractivity (Wildman–Crippen MR) is 168 cm³/mol. The van der Waals surface area contributed by atoms with Gasteiger partial charge in [-0.3, -0.25) is 4.99 Å². The van der Waals surface area contributed by atoms with Gasteiger partial charge in [0.05, 0.1) is 0 Å². The number of aliphatic imine (C=N–C) groups is 1. The van der Waals surface area contributed by atoms with Crippen molar-refractivity contribution >= 4 is 20.1 Å². The van der Waals surface area contributed by atoms with Crippen LogP contribution >= 0.6 is 8.58 Å². The van der Waals surface area contributed by atoms with E-state index in [2.05, 4.69) is 116 Å². The Morgan fingerprint density at radius 3 is 2.10 bits per heavy atom. The van der Waals surface area contributed by atoms with Crippen molar-refractivity contribution in [3.63, 3.8) is 0 Å². The van der Waals surface area contributed by atoms with Crippen LogP contribution < -0.4 is 10.0 Å². The van der Waals surface area contributed by atoms with Gasteiger partial charge in [-0.1, -0.05) is 126 Å². The van der Waals surface area contributed by atoms with Crippen molar-refractivity contribution in [3.8, 4) is 5.75 Å². The third-order valence-corrected chi connectivity index (χ3v) is 8.82. The highest BCUT2D eigenvalue weighted by atomic mass is 31.1. The van der Waals surface area contributed by atoms with Gasteiger partial charge in [0.2, 0.25) is 0 Å². The lowest BCUT2D eigenvalue weighted by Gasteiger charge is -2.34. The SMILES string of the molecule is CCCC(C)(Pc1ccccc1/C=N/C)c1cc(Cc2ccccc2)cc(Cc2ccccc2)c1OCOC. The van der Waals surface area contributed by atoms with Crippen LogP contribution in [0.3, 0.4) is 0 Å². The summed E-state index contributed by atoms with van der Waals surface area (Å²) in [6.07, 6.45) is 5.79. The van der Waals surface area contributed by atoms with E-state index >= 15 is 0 Å². The third kappa shape index (κ3) is 7.66. The van der Waals surface area contributed by atoms with Crippen molar-refractivity contribution in [1.29, 1.82) is 0 Å². The maximum atomic E-state index is 6.46. The Kier molecular flexibility index (Phi) is 10.5. The lowest BCUT2D eigenvalue weighted by molar-refractivity contribution is 0.0493. The molecule has 0 aliphatic carbocycles. The highest BCUT2D eigenvalue weighted by molar-refractivity contribution is 7.48. The molecule has 0 bridgehead atoms. The fourth-order valence-electron chi connectivity index (χ4n) is 5.26. The summed E-state index contributed by atoms with van der Waals surface area (Å²) >= 11 is 0. The maximum absolute atomic E-state index is 6.46. The van der Waals surface area contributed by atoms with Crippen LogP contribution in [0.4, 0.5) is 0 Å². The van der Waals surface area contributed by atoms with Crippen LogP contribution in [0.1, 0.15) is 60.1 Å². The molecular formula is C35H40NO2P. The minimum atomic E-state index is -0.117. The fourth-order valence-corrected chi connectivity index (χ4v) is 7.02. The van der Waals surface area contributed by atoms with E-state index in [1.807, 2.05) is 13.3 Å².